The molecule has 3 amide bonds. The Labute approximate surface area is 114 Å². The van der Waals surface area contributed by atoms with Crippen molar-refractivity contribution in [1.82, 2.24) is 5.32 Å². The van der Waals surface area contributed by atoms with Crippen molar-refractivity contribution in [1.29, 1.82) is 0 Å². The molecule has 0 atom stereocenters. The van der Waals surface area contributed by atoms with Crippen molar-refractivity contribution < 1.29 is 24.2 Å². The Kier molecular flexibility index (Phi) is 5.33. The zero-order chi connectivity index (χ0) is 15.1. The maximum Gasteiger partial charge on any atom is 0.337 e. The number of ether oxygens (including phenoxy) is 1. The smallest absolute Gasteiger partial charge is 0.337 e. The largest absolute Gasteiger partial charge is 0.497 e. The van der Waals surface area contributed by atoms with Crippen LogP contribution in [0, 0.1) is 0 Å². The van der Waals surface area contributed by atoms with Gasteiger partial charge in [0.15, 0.2) is 0 Å². The number of hydrogen-bond donors (Lipinski definition) is 4. The Bertz CT molecular complexity index is 530. The van der Waals surface area contributed by atoms with E-state index in [4.69, 9.17) is 15.6 Å². The number of hydrogen-bond acceptors (Lipinski definition) is 4. The van der Waals surface area contributed by atoms with Crippen LogP contribution >= 0.6 is 0 Å². The first-order valence-corrected chi connectivity index (χ1v) is 5.68. The van der Waals surface area contributed by atoms with E-state index in [9.17, 15) is 14.4 Å². The normalized spacial score (nSPS) is 9.65. The maximum absolute atomic E-state index is 11.6. The molecule has 0 unspecified atom stereocenters. The summed E-state index contributed by atoms with van der Waals surface area (Å²) in [6.45, 7) is 0.0630. The fourth-order valence-electron chi connectivity index (χ4n) is 1.41. The molecule has 0 radical (unpaired) electrons. The predicted octanol–water partition coefficient (Wildman–Crippen LogP) is 0.390. The average Bonchev–Trinajstić information content (AvgIpc) is 2.37. The van der Waals surface area contributed by atoms with E-state index in [1.165, 1.54) is 25.3 Å². The number of carboxylic acid groups (broad SMARTS) is 1. The van der Waals surface area contributed by atoms with E-state index in [2.05, 4.69) is 10.6 Å². The Hall–Kier alpha value is -2.77. The summed E-state index contributed by atoms with van der Waals surface area (Å²) in [5, 5.41) is 13.8. The Morgan fingerprint density at radius 2 is 2.05 bits per heavy atom. The number of amides is 3. The summed E-state index contributed by atoms with van der Waals surface area (Å²) in [6.07, 6.45) is -0.00266. The van der Waals surface area contributed by atoms with Crippen LogP contribution < -0.4 is 21.1 Å². The lowest BCUT2D eigenvalue weighted by Crippen LogP contribution is -2.32. The van der Waals surface area contributed by atoms with Crippen LogP contribution in [0.5, 0.6) is 5.75 Å². The number of aromatic carboxylic acids is 1. The second-order valence-corrected chi connectivity index (χ2v) is 3.81. The molecule has 0 aromatic heterocycles. The monoisotopic (exact) mass is 281 g/mol. The third-order valence-corrected chi connectivity index (χ3v) is 2.36. The molecule has 0 aliphatic heterocycles. The van der Waals surface area contributed by atoms with Crippen LogP contribution in [0.3, 0.4) is 0 Å². The first-order chi connectivity index (χ1) is 9.43. The number of rotatable bonds is 6. The highest BCUT2D eigenvalue weighted by molar-refractivity contribution is 6.00. The minimum atomic E-state index is -1.18. The van der Waals surface area contributed by atoms with Crippen molar-refractivity contribution >= 4 is 23.6 Å². The SMILES string of the molecule is COc1ccc(C(=O)O)c(NC(=O)NCCC(N)=O)c1. The molecule has 1 rings (SSSR count). The van der Waals surface area contributed by atoms with Gasteiger partial charge in [-0.25, -0.2) is 9.59 Å². The number of carbonyl (C=O) groups is 3. The van der Waals surface area contributed by atoms with Gasteiger partial charge in [0.25, 0.3) is 0 Å². The van der Waals surface area contributed by atoms with Gasteiger partial charge in [0, 0.05) is 19.0 Å². The van der Waals surface area contributed by atoms with Gasteiger partial charge >= 0.3 is 12.0 Å². The van der Waals surface area contributed by atoms with Crippen LogP contribution in [-0.2, 0) is 4.79 Å². The van der Waals surface area contributed by atoms with Crippen molar-refractivity contribution in [3.8, 4) is 5.75 Å². The molecule has 1 aromatic carbocycles. The first kappa shape index (κ1) is 15.3. The highest BCUT2D eigenvalue weighted by Gasteiger charge is 2.13. The molecule has 0 aliphatic carbocycles. The molecule has 0 saturated heterocycles. The van der Waals surface area contributed by atoms with Gasteiger partial charge in [0.1, 0.15) is 5.75 Å². The molecular formula is C12H15N3O5. The van der Waals surface area contributed by atoms with E-state index in [-0.39, 0.29) is 24.2 Å². The van der Waals surface area contributed by atoms with Crippen LogP contribution in [0.25, 0.3) is 0 Å². The van der Waals surface area contributed by atoms with E-state index in [1.807, 2.05) is 0 Å². The Balaban J connectivity index is 2.76. The van der Waals surface area contributed by atoms with Crippen molar-refractivity contribution in [3.63, 3.8) is 0 Å². The summed E-state index contributed by atoms with van der Waals surface area (Å²) in [5.41, 5.74) is 4.95. The third-order valence-electron chi connectivity index (χ3n) is 2.36. The fraction of sp³-hybridized carbons (Fsp3) is 0.250. The number of nitrogens with two attached hydrogens (primary N) is 1. The molecule has 0 bridgehead atoms. The van der Waals surface area contributed by atoms with Crippen molar-refractivity contribution in [3.05, 3.63) is 23.8 Å². The molecule has 20 heavy (non-hydrogen) atoms. The third kappa shape index (κ3) is 4.48. The lowest BCUT2D eigenvalue weighted by atomic mass is 10.1. The number of carbonyl (C=O) groups excluding carboxylic acids is 2. The number of benzene rings is 1. The second kappa shape index (κ2) is 6.98. The van der Waals surface area contributed by atoms with Gasteiger partial charge in [0.2, 0.25) is 5.91 Å². The van der Waals surface area contributed by atoms with Crippen LogP contribution in [0.1, 0.15) is 16.8 Å². The topological polar surface area (TPSA) is 131 Å². The fourth-order valence-corrected chi connectivity index (χ4v) is 1.41. The summed E-state index contributed by atoms with van der Waals surface area (Å²) in [5.74, 6) is -1.32. The second-order valence-electron chi connectivity index (χ2n) is 3.81. The predicted molar refractivity (Wildman–Crippen MR) is 70.8 cm³/mol. The first-order valence-electron chi connectivity index (χ1n) is 5.68. The number of nitrogens with one attached hydrogen (secondary N) is 2. The van der Waals surface area contributed by atoms with Gasteiger partial charge in [0.05, 0.1) is 18.4 Å². The van der Waals surface area contributed by atoms with E-state index in [0.29, 0.717) is 5.75 Å². The van der Waals surface area contributed by atoms with Gasteiger partial charge in [-0.1, -0.05) is 0 Å². The highest BCUT2D eigenvalue weighted by atomic mass is 16.5. The van der Waals surface area contributed by atoms with Crippen LogP contribution in [0.2, 0.25) is 0 Å². The molecule has 8 heteroatoms. The quantitative estimate of drug-likeness (QED) is 0.599. The summed E-state index contributed by atoms with van der Waals surface area (Å²) in [4.78, 5) is 33.1. The molecule has 0 saturated carbocycles. The van der Waals surface area contributed by atoms with Gasteiger partial charge in [-0.3, -0.25) is 4.79 Å². The van der Waals surface area contributed by atoms with Crippen LogP contribution in [-0.4, -0.2) is 36.7 Å². The maximum atomic E-state index is 11.6. The van der Waals surface area contributed by atoms with E-state index in [0.717, 1.165) is 0 Å². The highest BCUT2D eigenvalue weighted by Crippen LogP contribution is 2.22. The molecule has 0 aliphatic rings. The van der Waals surface area contributed by atoms with Gasteiger partial charge in [-0.05, 0) is 12.1 Å². The van der Waals surface area contributed by atoms with E-state index < -0.39 is 17.9 Å². The summed E-state index contributed by atoms with van der Waals surface area (Å²) in [7, 11) is 1.42. The number of urea groups is 1. The minimum Gasteiger partial charge on any atom is -0.497 e. The zero-order valence-electron chi connectivity index (χ0n) is 10.8. The standard InChI is InChI=1S/C12H15N3O5/c1-20-7-2-3-8(11(17)18)9(6-7)15-12(19)14-5-4-10(13)16/h2-3,6H,4-5H2,1H3,(H2,13,16)(H,17,18)(H2,14,15,19). The van der Waals surface area contributed by atoms with E-state index >= 15 is 0 Å². The van der Waals surface area contributed by atoms with Crippen LogP contribution in [0.4, 0.5) is 10.5 Å². The number of methoxy groups -OCH3 is 1. The minimum absolute atomic E-state index is 0.00266. The number of primary amides is 1. The molecule has 0 spiro atoms. The van der Waals surface area contributed by atoms with Crippen molar-refractivity contribution in [2.75, 3.05) is 19.0 Å². The van der Waals surface area contributed by atoms with Gasteiger partial charge in [-0.15, -0.1) is 0 Å². The molecule has 8 nitrogen and oxygen atoms in total. The molecule has 108 valence electrons. The summed E-state index contributed by atoms with van der Waals surface area (Å²) < 4.78 is 4.96. The molecular weight excluding hydrogens is 266 g/mol. The lowest BCUT2D eigenvalue weighted by Gasteiger charge is -2.11. The number of carboxylic acids is 1. The Morgan fingerprint density at radius 3 is 2.60 bits per heavy atom. The average molecular weight is 281 g/mol. The molecule has 0 fully saturated rings. The summed E-state index contributed by atoms with van der Waals surface area (Å²) in [6, 6.07) is 3.54. The van der Waals surface area contributed by atoms with Crippen LogP contribution in [0.15, 0.2) is 18.2 Å². The lowest BCUT2D eigenvalue weighted by molar-refractivity contribution is -0.117. The van der Waals surface area contributed by atoms with Gasteiger partial charge in [-0.2, -0.15) is 0 Å². The molecule has 0 heterocycles. The van der Waals surface area contributed by atoms with Gasteiger partial charge < -0.3 is 26.2 Å². The molecule has 1 aromatic rings. The van der Waals surface area contributed by atoms with Crippen molar-refractivity contribution in [2.24, 2.45) is 5.73 Å². The number of anilines is 1. The molecule has 5 N–H and O–H groups in total. The zero-order valence-corrected chi connectivity index (χ0v) is 10.8. The van der Waals surface area contributed by atoms with Crippen molar-refractivity contribution in [2.45, 2.75) is 6.42 Å². The van der Waals surface area contributed by atoms with E-state index in [1.54, 1.807) is 0 Å². The summed E-state index contributed by atoms with van der Waals surface area (Å²) >= 11 is 0. The Morgan fingerprint density at radius 1 is 1.35 bits per heavy atom.